The number of hydrogen-bond acceptors (Lipinski definition) is 9. The van der Waals surface area contributed by atoms with Gasteiger partial charge in [-0.15, -0.1) is 0 Å². The fourth-order valence-electron chi connectivity index (χ4n) is 7.23. The fraction of sp³-hybridized carbons (Fsp3) is 0.957. The smallest absolute Gasteiger partial charge is 0.462 e. The Bertz CT molecular complexity index is 935. The molecule has 0 radical (unpaired) electrons. The number of esters is 2. The van der Waals surface area contributed by atoms with Crippen molar-refractivity contribution in [1.82, 2.24) is 0 Å². The van der Waals surface area contributed by atoms with Crippen LogP contribution in [0.5, 0.6) is 0 Å². The summed E-state index contributed by atoms with van der Waals surface area (Å²) < 4.78 is 32.8. The van der Waals surface area contributed by atoms with Crippen LogP contribution in [0.25, 0.3) is 0 Å². The van der Waals surface area contributed by atoms with Crippen molar-refractivity contribution in [1.29, 1.82) is 0 Å². The van der Waals surface area contributed by atoms with Crippen LogP contribution in [0.15, 0.2) is 0 Å². The SMILES string of the molecule is CCCCCCCCCCCCCCCCCCCCCCCCC(=O)OC(COC(=O)CCCCCCCCCCCCCCC)COP(=O)(O)OCC(O)CO. The Hall–Kier alpha value is -1.03. The molecule has 0 amide bonds. The predicted molar refractivity (Wildman–Crippen MR) is 238 cm³/mol. The maximum atomic E-state index is 12.7. The predicted octanol–water partition coefficient (Wildman–Crippen LogP) is 13.4. The molecule has 0 spiro atoms. The first-order valence-corrected chi connectivity index (χ1v) is 26.0. The van der Waals surface area contributed by atoms with E-state index in [1.807, 2.05) is 0 Å². The van der Waals surface area contributed by atoms with Crippen molar-refractivity contribution < 1.29 is 47.8 Å². The van der Waals surface area contributed by atoms with E-state index in [9.17, 15) is 24.2 Å². The van der Waals surface area contributed by atoms with E-state index in [4.69, 9.17) is 23.6 Å². The second kappa shape index (κ2) is 44.0. The number of phosphoric ester groups is 1. The summed E-state index contributed by atoms with van der Waals surface area (Å²) in [5, 5.41) is 18.4. The summed E-state index contributed by atoms with van der Waals surface area (Å²) in [4.78, 5) is 35.1. The molecule has 0 aromatic rings. The van der Waals surface area contributed by atoms with Gasteiger partial charge in [-0.2, -0.15) is 0 Å². The number of unbranched alkanes of at least 4 members (excludes halogenated alkanes) is 33. The quantitative estimate of drug-likeness (QED) is 0.0307. The Morgan fingerprint density at radius 1 is 0.448 bits per heavy atom. The molecule has 11 heteroatoms. The van der Waals surface area contributed by atoms with Crippen molar-refractivity contribution in [2.45, 2.75) is 264 Å². The van der Waals surface area contributed by atoms with Crippen LogP contribution < -0.4 is 0 Å². The Kier molecular flexibility index (Phi) is 43.3. The topological polar surface area (TPSA) is 149 Å². The van der Waals surface area contributed by atoms with Crippen LogP contribution in [0, 0.1) is 0 Å². The number of aliphatic hydroxyl groups is 2. The first-order chi connectivity index (χ1) is 28.2. The molecule has 3 unspecified atom stereocenters. The fourth-order valence-corrected chi connectivity index (χ4v) is 8.02. The summed E-state index contributed by atoms with van der Waals surface area (Å²) in [5.74, 6) is -0.906. The van der Waals surface area contributed by atoms with Crippen LogP contribution in [0.3, 0.4) is 0 Å². The molecule has 0 aliphatic heterocycles. The molecule has 3 N–H and O–H groups in total. The minimum atomic E-state index is -4.61. The van der Waals surface area contributed by atoms with Gasteiger partial charge in [0.1, 0.15) is 12.7 Å². The molecule has 0 rings (SSSR count). The van der Waals surface area contributed by atoms with E-state index in [1.165, 1.54) is 180 Å². The van der Waals surface area contributed by atoms with E-state index in [2.05, 4.69) is 13.8 Å². The summed E-state index contributed by atoms with van der Waals surface area (Å²) in [6, 6.07) is 0. The molecule has 0 aliphatic carbocycles. The third-order valence-electron chi connectivity index (χ3n) is 11.0. The molecular formula is C47H93O10P. The normalized spacial score (nSPS) is 13.7. The van der Waals surface area contributed by atoms with Gasteiger partial charge in [-0.05, 0) is 12.8 Å². The number of phosphoric acid groups is 1. The summed E-state index contributed by atoms with van der Waals surface area (Å²) in [6.45, 7) is 2.44. The summed E-state index contributed by atoms with van der Waals surface area (Å²) in [7, 11) is -4.61. The van der Waals surface area contributed by atoms with Gasteiger partial charge in [-0.25, -0.2) is 4.57 Å². The average molecular weight is 849 g/mol. The van der Waals surface area contributed by atoms with E-state index in [1.54, 1.807) is 0 Å². The molecule has 58 heavy (non-hydrogen) atoms. The van der Waals surface area contributed by atoms with Gasteiger partial charge in [-0.1, -0.05) is 226 Å². The van der Waals surface area contributed by atoms with Gasteiger partial charge in [0.25, 0.3) is 0 Å². The lowest BCUT2D eigenvalue weighted by atomic mass is 10.0. The average Bonchev–Trinajstić information content (AvgIpc) is 3.21. The largest absolute Gasteiger partial charge is 0.472 e. The van der Waals surface area contributed by atoms with Gasteiger partial charge in [0.2, 0.25) is 0 Å². The van der Waals surface area contributed by atoms with Crippen molar-refractivity contribution in [3.63, 3.8) is 0 Å². The Labute approximate surface area is 356 Å². The Balaban J connectivity index is 4.11. The van der Waals surface area contributed by atoms with E-state index >= 15 is 0 Å². The first-order valence-electron chi connectivity index (χ1n) is 24.5. The molecule has 0 fully saturated rings. The monoisotopic (exact) mass is 849 g/mol. The van der Waals surface area contributed by atoms with Crippen LogP contribution >= 0.6 is 7.82 Å². The molecule has 0 aromatic carbocycles. The minimum Gasteiger partial charge on any atom is -0.462 e. The van der Waals surface area contributed by atoms with Crippen LogP contribution in [0.1, 0.15) is 251 Å². The second-order valence-electron chi connectivity index (χ2n) is 16.9. The molecule has 0 saturated heterocycles. The standard InChI is InChI=1S/C47H93O10P/c1-3-5-7-9-11-13-15-17-18-19-20-21-22-23-24-25-27-29-31-33-35-37-39-47(51)57-45(43-56-58(52,53)55-41-44(49)40-48)42-54-46(50)38-36-34-32-30-28-26-16-14-12-10-8-6-4-2/h44-45,48-49H,3-43H2,1-2H3,(H,52,53). The molecular weight excluding hydrogens is 755 g/mol. The maximum Gasteiger partial charge on any atom is 0.472 e. The van der Waals surface area contributed by atoms with Gasteiger partial charge in [0, 0.05) is 12.8 Å². The van der Waals surface area contributed by atoms with Crippen LogP contribution in [0.2, 0.25) is 0 Å². The van der Waals surface area contributed by atoms with Gasteiger partial charge < -0.3 is 24.6 Å². The number of carbonyl (C=O) groups is 2. The van der Waals surface area contributed by atoms with Gasteiger partial charge >= 0.3 is 19.8 Å². The van der Waals surface area contributed by atoms with E-state index in [-0.39, 0.29) is 19.4 Å². The number of ether oxygens (including phenoxy) is 2. The van der Waals surface area contributed by atoms with Gasteiger partial charge in [0.15, 0.2) is 6.10 Å². The van der Waals surface area contributed by atoms with Crippen LogP contribution in [-0.2, 0) is 32.7 Å². The third-order valence-corrected chi connectivity index (χ3v) is 12.0. The van der Waals surface area contributed by atoms with Crippen molar-refractivity contribution in [2.75, 3.05) is 26.4 Å². The van der Waals surface area contributed by atoms with Gasteiger partial charge in [-0.3, -0.25) is 18.6 Å². The molecule has 0 heterocycles. The minimum absolute atomic E-state index is 0.193. The molecule has 10 nitrogen and oxygen atoms in total. The van der Waals surface area contributed by atoms with Crippen LogP contribution in [-0.4, -0.2) is 65.7 Å². The zero-order valence-electron chi connectivity index (χ0n) is 37.8. The van der Waals surface area contributed by atoms with Gasteiger partial charge in [0.05, 0.1) is 19.8 Å². The highest BCUT2D eigenvalue weighted by molar-refractivity contribution is 7.47. The molecule has 0 saturated carbocycles. The summed E-state index contributed by atoms with van der Waals surface area (Å²) >= 11 is 0. The Morgan fingerprint density at radius 2 is 0.741 bits per heavy atom. The highest BCUT2D eigenvalue weighted by Crippen LogP contribution is 2.43. The zero-order chi connectivity index (χ0) is 42.6. The van der Waals surface area contributed by atoms with Crippen molar-refractivity contribution in [3.8, 4) is 0 Å². The highest BCUT2D eigenvalue weighted by Gasteiger charge is 2.27. The lowest BCUT2D eigenvalue weighted by Crippen LogP contribution is -2.29. The number of hydrogen-bond donors (Lipinski definition) is 3. The van der Waals surface area contributed by atoms with E-state index in [0.29, 0.717) is 12.8 Å². The zero-order valence-corrected chi connectivity index (χ0v) is 38.7. The molecule has 3 atom stereocenters. The molecule has 346 valence electrons. The number of rotatable bonds is 47. The molecule has 0 aliphatic rings. The lowest BCUT2D eigenvalue weighted by molar-refractivity contribution is -0.161. The van der Waals surface area contributed by atoms with E-state index in [0.717, 1.165) is 32.1 Å². The maximum absolute atomic E-state index is 12.7. The van der Waals surface area contributed by atoms with Crippen molar-refractivity contribution in [3.05, 3.63) is 0 Å². The first kappa shape index (κ1) is 57.0. The highest BCUT2D eigenvalue weighted by atomic mass is 31.2. The number of aliphatic hydroxyl groups excluding tert-OH is 2. The summed E-state index contributed by atoms with van der Waals surface area (Å²) in [6.07, 6.45) is 42.2. The molecule has 0 aromatic heterocycles. The Morgan fingerprint density at radius 3 is 1.07 bits per heavy atom. The van der Waals surface area contributed by atoms with E-state index < -0.39 is 51.8 Å². The molecule has 0 bridgehead atoms. The number of carbonyl (C=O) groups excluding carboxylic acids is 2. The van der Waals surface area contributed by atoms with Crippen molar-refractivity contribution in [2.24, 2.45) is 0 Å². The van der Waals surface area contributed by atoms with Crippen LogP contribution in [0.4, 0.5) is 0 Å². The third kappa shape index (κ3) is 43.1. The summed E-state index contributed by atoms with van der Waals surface area (Å²) in [5.41, 5.74) is 0. The second-order valence-corrected chi connectivity index (χ2v) is 18.3. The lowest BCUT2D eigenvalue weighted by Gasteiger charge is -2.20. The van der Waals surface area contributed by atoms with Crippen molar-refractivity contribution >= 4 is 19.8 Å².